The maximum atomic E-state index is 12.4. The van der Waals surface area contributed by atoms with Crippen molar-refractivity contribution >= 4 is 11.9 Å². The molecule has 5 heteroatoms. The van der Waals surface area contributed by atoms with Gasteiger partial charge in [0.1, 0.15) is 0 Å². The molecule has 0 spiro atoms. The van der Waals surface area contributed by atoms with Gasteiger partial charge in [0.15, 0.2) is 0 Å². The number of nitrogens with one attached hydrogen (secondary N) is 1. The van der Waals surface area contributed by atoms with Gasteiger partial charge in [-0.3, -0.25) is 9.59 Å². The molecule has 1 amide bonds. The molecule has 4 N–H and O–H groups in total. The standard InChI is InChI=1S/C16H28N2O3/c17-12-6-2-3-7-13(12)18-14(19)10-16(11-15(20)21)8-4-1-5-9-16/h12-13H,1-11,17H2,(H,18,19)(H,20,21). The lowest BCUT2D eigenvalue weighted by atomic mass is 9.69. The molecule has 2 aliphatic rings. The minimum absolute atomic E-state index is 0.0134. The van der Waals surface area contributed by atoms with Crippen molar-refractivity contribution in [3.8, 4) is 0 Å². The van der Waals surface area contributed by atoms with E-state index >= 15 is 0 Å². The summed E-state index contributed by atoms with van der Waals surface area (Å²) >= 11 is 0. The summed E-state index contributed by atoms with van der Waals surface area (Å²) in [4.78, 5) is 23.5. The highest BCUT2D eigenvalue weighted by molar-refractivity contribution is 5.78. The third-order valence-corrected chi connectivity index (χ3v) is 5.14. The molecular weight excluding hydrogens is 268 g/mol. The molecule has 2 unspecified atom stereocenters. The van der Waals surface area contributed by atoms with Crippen LogP contribution in [0.2, 0.25) is 0 Å². The molecule has 2 saturated carbocycles. The molecular formula is C16H28N2O3. The highest BCUT2D eigenvalue weighted by Gasteiger charge is 2.37. The number of carboxylic acid groups (broad SMARTS) is 1. The van der Waals surface area contributed by atoms with Crippen LogP contribution in [0.25, 0.3) is 0 Å². The number of hydrogen-bond donors (Lipinski definition) is 3. The van der Waals surface area contributed by atoms with E-state index in [0.29, 0.717) is 6.42 Å². The van der Waals surface area contributed by atoms with Gasteiger partial charge >= 0.3 is 5.97 Å². The zero-order chi connectivity index (χ0) is 15.3. The van der Waals surface area contributed by atoms with Crippen LogP contribution >= 0.6 is 0 Å². The monoisotopic (exact) mass is 296 g/mol. The highest BCUT2D eigenvalue weighted by atomic mass is 16.4. The predicted octanol–water partition coefficient (Wildman–Crippen LogP) is 2.19. The van der Waals surface area contributed by atoms with Crippen LogP contribution in [0.4, 0.5) is 0 Å². The highest BCUT2D eigenvalue weighted by Crippen LogP contribution is 2.42. The largest absolute Gasteiger partial charge is 0.481 e. The molecule has 0 saturated heterocycles. The van der Waals surface area contributed by atoms with Gasteiger partial charge in [-0.1, -0.05) is 32.1 Å². The maximum Gasteiger partial charge on any atom is 0.303 e. The van der Waals surface area contributed by atoms with Gasteiger partial charge in [0.25, 0.3) is 0 Å². The van der Waals surface area contributed by atoms with Gasteiger partial charge in [0, 0.05) is 18.5 Å². The van der Waals surface area contributed by atoms with E-state index in [1.54, 1.807) is 0 Å². The molecule has 2 aliphatic carbocycles. The fourth-order valence-electron chi connectivity index (χ4n) is 3.98. The lowest BCUT2D eigenvalue weighted by molar-refractivity contribution is -0.141. The minimum Gasteiger partial charge on any atom is -0.481 e. The van der Waals surface area contributed by atoms with E-state index in [0.717, 1.165) is 57.8 Å². The third-order valence-electron chi connectivity index (χ3n) is 5.14. The van der Waals surface area contributed by atoms with Gasteiger partial charge in [-0.25, -0.2) is 0 Å². The average molecular weight is 296 g/mol. The molecule has 0 aliphatic heterocycles. The molecule has 0 aromatic rings. The topological polar surface area (TPSA) is 92.4 Å². The first-order valence-corrected chi connectivity index (χ1v) is 8.28. The number of amides is 1. The van der Waals surface area contributed by atoms with Gasteiger partial charge in [-0.15, -0.1) is 0 Å². The van der Waals surface area contributed by atoms with Crippen LogP contribution in [-0.2, 0) is 9.59 Å². The van der Waals surface area contributed by atoms with Crippen LogP contribution < -0.4 is 11.1 Å². The molecule has 21 heavy (non-hydrogen) atoms. The van der Waals surface area contributed by atoms with Crippen LogP contribution in [0.3, 0.4) is 0 Å². The zero-order valence-corrected chi connectivity index (χ0v) is 12.8. The molecule has 0 aromatic heterocycles. The first-order valence-electron chi connectivity index (χ1n) is 8.28. The molecule has 2 rings (SSSR count). The SMILES string of the molecule is NC1CCCCC1NC(=O)CC1(CC(=O)O)CCCCC1. The molecule has 0 bridgehead atoms. The van der Waals surface area contributed by atoms with Crippen LogP contribution in [0, 0.1) is 5.41 Å². The molecule has 0 aromatic carbocycles. The molecule has 2 atom stereocenters. The Bertz CT molecular complexity index is 378. The molecule has 2 fully saturated rings. The number of hydrogen-bond acceptors (Lipinski definition) is 3. The quantitative estimate of drug-likeness (QED) is 0.725. The normalized spacial score (nSPS) is 28.8. The van der Waals surface area contributed by atoms with E-state index in [4.69, 9.17) is 10.8 Å². The summed E-state index contributed by atoms with van der Waals surface area (Å²) in [6, 6.07) is 0.112. The Balaban J connectivity index is 1.92. The minimum atomic E-state index is -0.793. The number of carbonyl (C=O) groups is 2. The number of rotatable bonds is 5. The summed E-state index contributed by atoms with van der Waals surface area (Å²) in [5.74, 6) is -0.806. The fraction of sp³-hybridized carbons (Fsp3) is 0.875. The molecule has 120 valence electrons. The first-order chi connectivity index (χ1) is 10.0. The van der Waals surface area contributed by atoms with Crippen molar-refractivity contribution in [3.63, 3.8) is 0 Å². The Labute approximate surface area is 126 Å². The van der Waals surface area contributed by atoms with Gasteiger partial charge in [-0.2, -0.15) is 0 Å². The summed E-state index contributed by atoms with van der Waals surface area (Å²) in [7, 11) is 0. The molecule has 5 nitrogen and oxygen atoms in total. The molecule has 0 radical (unpaired) electrons. The van der Waals surface area contributed by atoms with E-state index in [9.17, 15) is 9.59 Å². The smallest absolute Gasteiger partial charge is 0.303 e. The van der Waals surface area contributed by atoms with Crippen molar-refractivity contribution < 1.29 is 14.7 Å². The predicted molar refractivity (Wildman–Crippen MR) is 80.8 cm³/mol. The van der Waals surface area contributed by atoms with Crippen LogP contribution in [0.15, 0.2) is 0 Å². The van der Waals surface area contributed by atoms with E-state index in [2.05, 4.69) is 5.32 Å². The third kappa shape index (κ3) is 4.70. The van der Waals surface area contributed by atoms with Crippen molar-refractivity contribution in [1.82, 2.24) is 5.32 Å². The lowest BCUT2D eigenvalue weighted by Gasteiger charge is -2.37. The van der Waals surface area contributed by atoms with E-state index in [-0.39, 0.29) is 29.8 Å². The van der Waals surface area contributed by atoms with E-state index < -0.39 is 5.97 Å². The Hall–Kier alpha value is -1.10. The second-order valence-electron chi connectivity index (χ2n) is 6.93. The van der Waals surface area contributed by atoms with Crippen molar-refractivity contribution in [3.05, 3.63) is 0 Å². The van der Waals surface area contributed by atoms with Crippen molar-refractivity contribution in [2.45, 2.75) is 82.7 Å². The van der Waals surface area contributed by atoms with Crippen LogP contribution in [0.1, 0.15) is 70.6 Å². The summed E-state index contributed by atoms with van der Waals surface area (Å²) in [6.45, 7) is 0. The summed E-state index contributed by atoms with van der Waals surface area (Å²) < 4.78 is 0. The Morgan fingerprint density at radius 1 is 1.05 bits per heavy atom. The summed E-state index contributed by atoms with van der Waals surface area (Å²) in [5, 5.41) is 12.2. The Morgan fingerprint density at radius 2 is 1.71 bits per heavy atom. The summed E-state index contributed by atoms with van der Waals surface area (Å²) in [5.41, 5.74) is 5.72. The van der Waals surface area contributed by atoms with Crippen LogP contribution in [-0.4, -0.2) is 29.1 Å². The molecule has 0 heterocycles. The van der Waals surface area contributed by atoms with Crippen molar-refractivity contribution in [2.24, 2.45) is 11.1 Å². The van der Waals surface area contributed by atoms with Gasteiger partial charge in [0.05, 0.1) is 6.42 Å². The van der Waals surface area contributed by atoms with E-state index in [1.165, 1.54) is 0 Å². The second kappa shape index (κ2) is 7.25. The number of carboxylic acids is 1. The van der Waals surface area contributed by atoms with Crippen LogP contribution in [0.5, 0.6) is 0 Å². The summed E-state index contributed by atoms with van der Waals surface area (Å²) in [6.07, 6.45) is 9.51. The average Bonchev–Trinajstić information content (AvgIpc) is 2.41. The Kier molecular flexibility index (Phi) is 5.62. The van der Waals surface area contributed by atoms with Gasteiger partial charge < -0.3 is 16.2 Å². The number of nitrogens with two attached hydrogens (primary N) is 1. The number of carbonyl (C=O) groups excluding carboxylic acids is 1. The van der Waals surface area contributed by atoms with Crippen molar-refractivity contribution in [2.75, 3.05) is 0 Å². The first kappa shape index (κ1) is 16.3. The lowest BCUT2D eigenvalue weighted by Crippen LogP contribution is -2.50. The zero-order valence-electron chi connectivity index (χ0n) is 12.8. The van der Waals surface area contributed by atoms with Gasteiger partial charge in [0.2, 0.25) is 5.91 Å². The maximum absolute atomic E-state index is 12.4. The number of aliphatic carboxylic acids is 1. The van der Waals surface area contributed by atoms with E-state index in [1.807, 2.05) is 0 Å². The fourth-order valence-corrected chi connectivity index (χ4v) is 3.98. The Morgan fingerprint density at radius 3 is 2.33 bits per heavy atom. The van der Waals surface area contributed by atoms with Gasteiger partial charge in [-0.05, 0) is 31.1 Å². The second-order valence-corrected chi connectivity index (χ2v) is 6.93. The van der Waals surface area contributed by atoms with Crippen molar-refractivity contribution in [1.29, 1.82) is 0 Å².